The summed E-state index contributed by atoms with van der Waals surface area (Å²) in [4.78, 5) is 12.7. The number of carbonyl (C=O) groups is 1. The van der Waals surface area contributed by atoms with Gasteiger partial charge in [0, 0.05) is 36.5 Å². The molecule has 0 radical (unpaired) electrons. The Balaban J connectivity index is 2.05. The normalized spacial score (nSPS) is 15.1. The number of ether oxygens (including phenoxy) is 2. The molecular formula is C18H18N2O6S. The number of hydrogen-bond acceptors (Lipinski definition) is 6. The molecule has 1 aliphatic heterocycles. The van der Waals surface area contributed by atoms with Gasteiger partial charge in [-0.25, -0.2) is 8.42 Å². The molecule has 2 aromatic rings. The van der Waals surface area contributed by atoms with E-state index in [1.807, 2.05) is 0 Å². The number of carbonyl (C=O) groups excluding carboxylic acids is 1. The van der Waals surface area contributed by atoms with Crippen LogP contribution in [0.4, 0.5) is 5.69 Å². The molecule has 0 bridgehead atoms. The molecule has 0 unspecified atom stereocenters. The number of anilines is 1. The lowest BCUT2D eigenvalue weighted by Gasteiger charge is -2.28. The number of amides is 1. The van der Waals surface area contributed by atoms with Gasteiger partial charge in [-0.2, -0.15) is 0 Å². The molecule has 0 saturated heterocycles. The number of rotatable bonds is 4. The van der Waals surface area contributed by atoms with Crippen molar-refractivity contribution < 1.29 is 27.8 Å². The fraction of sp³-hybridized carbons (Fsp3) is 0.167. The van der Waals surface area contributed by atoms with Gasteiger partial charge in [-0.1, -0.05) is 12.1 Å². The van der Waals surface area contributed by atoms with Gasteiger partial charge in [-0.15, -0.1) is 0 Å². The average molecular weight is 390 g/mol. The third-order valence-corrected chi connectivity index (χ3v) is 5.96. The van der Waals surface area contributed by atoms with E-state index in [1.165, 1.54) is 33.4 Å². The molecule has 0 aromatic heterocycles. The number of methoxy groups -OCH3 is 2. The van der Waals surface area contributed by atoms with E-state index in [9.17, 15) is 18.3 Å². The number of aliphatic hydroxyl groups is 1. The summed E-state index contributed by atoms with van der Waals surface area (Å²) < 4.78 is 36.4. The standard InChI is InChI=1S/C18H18N2O6S/c1-20-16(17(21)14-6-4-5-7-15(14)27(20,23)24)18(22)19-11-8-12(25-2)10-13(9-11)26-3/h4-10,21H,1-3H3,(H,19,22). The zero-order valence-electron chi connectivity index (χ0n) is 14.9. The molecular weight excluding hydrogens is 372 g/mol. The van der Waals surface area contributed by atoms with Crippen LogP contribution in [0.3, 0.4) is 0 Å². The molecule has 0 saturated carbocycles. The Morgan fingerprint density at radius 1 is 1.07 bits per heavy atom. The summed E-state index contributed by atoms with van der Waals surface area (Å²) in [7, 11) is 0.181. The van der Waals surface area contributed by atoms with Crippen LogP contribution in [0.1, 0.15) is 5.56 Å². The Hall–Kier alpha value is -3.20. The van der Waals surface area contributed by atoms with Crippen LogP contribution in [-0.2, 0) is 14.8 Å². The molecule has 27 heavy (non-hydrogen) atoms. The first-order valence-corrected chi connectivity index (χ1v) is 9.29. The number of benzene rings is 2. The molecule has 2 aromatic carbocycles. The van der Waals surface area contributed by atoms with Crippen LogP contribution >= 0.6 is 0 Å². The topological polar surface area (TPSA) is 105 Å². The highest BCUT2D eigenvalue weighted by atomic mass is 32.2. The summed E-state index contributed by atoms with van der Waals surface area (Å²) in [6, 6.07) is 10.7. The van der Waals surface area contributed by atoms with Crippen molar-refractivity contribution in [2.45, 2.75) is 4.90 Å². The second kappa shape index (κ2) is 6.84. The number of nitrogens with one attached hydrogen (secondary N) is 1. The van der Waals surface area contributed by atoms with Crippen LogP contribution in [0, 0.1) is 0 Å². The largest absolute Gasteiger partial charge is 0.505 e. The zero-order chi connectivity index (χ0) is 19.8. The van der Waals surface area contributed by atoms with E-state index < -0.39 is 21.7 Å². The summed E-state index contributed by atoms with van der Waals surface area (Å²) in [6.45, 7) is 0. The van der Waals surface area contributed by atoms with Crippen molar-refractivity contribution in [2.24, 2.45) is 0 Å². The van der Waals surface area contributed by atoms with Gasteiger partial charge in [0.05, 0.1) is 19.1 Å². The second-order valence-electron chi connectivity index (χ2n) is 5.72. The van der Waals surface area contributed by atoms with Crippen LogP contribution in [0.5, 0.6) is 11.5 Å². The van der Waals surface area contributed by atoms with E-state index in [1.54, 1.807) is 30.3 Å². The monoisotopic (exact) mass is 390 g/mol. The van der Waals surface area contributed by atoms with Crippen molar-refractivity contribution in [3.8, 4) is 11.5 Å². The smallest absolute Gasteiger partial charge is 0.276 e. The first kappa shape index (κ1) is 18.6. The molecule has 9 heteroatoms. The maximum Gasteiger partial charge on any atom is 0.276 e. The van der Waals surface area contributed by atoms with E-state index in [0.717, 1.165) is 4.31 Å². The van der Waals surface area contributed by atoms with Gasteiger partial charge >= 0.3 is 0 Å². The number of aliphatic hydroxyl groups excluding tert-OH is 1. The minimum atomic E-state index is -3.96. The van der Waals surface area contributed by atoms with Gasteiger partial charge in [0.15, 0.2) is 11.5 Å². The van der Waals surface area contributed by atoms with Crippen molar-refractivity contribution in [3.63, 3.8) is 0 Å². The summed E-state index contributed by atoms with van der Waals surface area (Å²) in [6.07, 6.45) is 0. The van der Waals surface area contributed by atoms with Gasteiger partial charge in [-0.05, 0) is 12.1 Å². The highest BCUT2D eigenvalue weighted by Crippen LogP contribution is 2.35. The fourth-order valence-electron chi connectivity index (χ4n) is 2.75. The van der Waals surface area contributed by atoms with Gasteiger partial charge in [0.2, 0.25) is 0 Å². The number of hydrogen-bond donors (Lipinski definition) is 2. The van der Waals surface area contributed by atoms with Gasteiger partial charge in [0.1, 0.15) is 11.5 Å². The van der Waals surface area contributed by atoms with Crippen molar-refractivity contribution in [2.75, 3.05) is 26.6 Å². The van der Waals surface area contributed by atoms with E-state index >= 15 is 0 Å². The van der Waals surface area contributed by atoms with E-state index in [-0.39, 0.29) is 16.2 Å². The molecule has 0 atom stereocenters. The molecule has 3 rings (SSSR count). The Morgan fingerprint density at radius 2 is 1.67 bits per heavy atom. The Morgan fingerprint density at radius 3 is 2.26 bits per heavy atom. The lowest BCUT2D eigenvalue weighted by Crippen LogP contribution is -2.37. The first-order valence-electron chi connectivity index (χ1n) is 7.85. The first-order chi connectivity index (χ1) is 12.8. The summed E-state index contributed by atoms with van der Waals surface area (Å²) >= 11 is 0. The maximum atomic E-state index is 12.8. The number of sulfonamides is 1. The molecule has 0 aliphatic carbocycles. The third kappa shape index (κ3) is 3.17. The van der Waals surface area contributed by atoms with Crippen LogP contribution in [0.25, 0.3) is 5.76 Å². The molecule has 0 fully saturated rings. The van der Waals surface area contributed by atoms with E-state index in [0.29, 0.717) is 17.2 Å². The predicted molar refractivity (Wildman–Crippen MR) is 99.1 cm³/mol. The van der Waals surface area contributed by atoms with Crippen molar-refractivity contribution in [1.82, 2.24) is 4.31 Å². The summed E-state index contributed by atoms with van der Waals surface area (Å²) in [5.41, 5.74) is 0.0145. The number of fused-ring (bicyclic) bond motifs is 1. The zero-order valence-corrected chi connectivity index (χ0v) is 15.7. The molecule has 1 aliphatic rings. The van der Waals surface area contributed by atoms with Crippen molar-refractivity contribution >= 4 is 27.4 Å². The molecule has 2 N–H and O–H groups in total. The van der Waals surface area contributed by atoms with Crippen LogP contribution in [-0.4, -0.2) is 45.0 Å². The van der Waals surface area contributed by atoms with Gasteiger partial charge in [0.25, 0.3) is 15.9 Å². The Bertz CT molecular complexity index is 1020. The Labute approximate surface area is 156 Å². The van der Waals surface area contributed by atoms with Crippen LogP contribution < -0.4 is 14.8 Å². The molecule has 0 spiro atoms. The van der Waals surface area contributed by atoms with Crippen molar-refractivity contribution in [3.05, 3.63) is 53.7 Å². The van der Waals surface area contributed by atoms with Gasteiger partial charge < -0.3 is 19.9 Å². The summed E-state index contributed by atoms with van der Waals surface area (Å²) in [5.74, 6) is -0.325. The van der Waals surface area contributed by atoms with Gasteiger partial charge in [-0.3, -0.25) is 9.10 Å². The lowest BCUT2D eigenvalue weighted by atomic mass is 10.1. The van der Waals surface area contributed by atoms with E-state index in [4.69, 9.17) is 9.47 Å². The molecule has 1 heterocycles. The third-order valence-electron chi connectivity index (χ3n) is 4.14. The van der Waals surface area contributed by atoms with Crippen LogP contribution in [0.2, 0.25) is 0 Å². The van der Waals surface area contributed by atoms with E-state index in [2.05, 4.69) is 5.32 Å². The molecule has 1 amide bonds. The minimum absolute atomic E-state index is 0.0652. The van der Waals surface area contributed by atoms with Crippen molar-refractivity contribution in [1.29, 1.82) is 0 Å². The summed E-state index contributed by atoms with van der Waals surface area (Å²) in [5, 5.41) is 13.1. The predicted octanol–water partition coefficient (Wildman–Crippen LogP) is 2.20. The fourth-order valence-corrected chi connectivity index (χ4v) is 4.15. The maximum absolute atomic E-state index is 12.8. The number of likely N-dealkylation sites (N-methyl/N-ethyl adjacent to an activating group) is 1. The lowest BCUT2D eigenvalue weighted by molar-refractivity contribution is -0.113. The SMILES string of the molecule is COc1cc(NC(=O)C2=C(O)c3ccccc3S(=O)(=O)N2C)cc(OC)c1. The second-order valence-corrected chi connectivity index (χ2v) is 7.66. The molecule has 8 nitrogen and oxygen atoms in total. The average Bonchev–Trinajstić information content (AvgIpc) is 2.66. The Kier molecular flexibility index (Phi) is 4.71. The quantitative estimate of drug-likeness (QED) is 0.829. The molecule has 142 valence electrons. The number of nitrogens with zero attached hydrogens (tertiary/aromatic N) is 1. The van der Waals surface area contributed by atoms with Crippen LogP contribution in [0.15, 0.2) is 53.1 Å². The minimum Gasteiger partial charge on any atom is -0.505 e. The highest BCUT2D eigenvalue weighted by Gasteiger charge is 2.37. The highest BCUT2D eigenvalue weighted by molar-refractivity contribution is 7.89.